The molecule has 2 atom stereocenters. The number of benzene rings is 2. The zero-order valence-electron chi connectivity index (χ0n) is 14.9. The summed E-state index contributed by atoms with van der Waals surface area (Å²) in [7, 11) is 0. The van der Waals surface area contributed by atoms with Crippen LogP contribution in [0, 0.1) is 6.92 Å². The highest BCUT2D eigenvalue weighted by Gasteiger charge is 2.38. The van der Waals surface area contributed by atoms with Gasteiger partial charge in [0.2, 0.25) is 0 Å². The van der Waals surface area contributed by atoms with Crippen molar-refractivity contribution >= 4 is 17.4 Å². The molecule has 0 N–H and O–H groups in total. The molecule has 3 heteroatoms. The predicted molar refractivity (Wildman–Crippen MR) is 109 cm³/mol. The zero-order valence-corrected chi connectivity index (χ0v) is 15.7. The minimum absolute atomic E-state index is 0.288. The van der Waals surface area contributed by atoms with E-state index in [-0.39, 0.29) is 5.37 Å². The Balaban J connectivity index is 1.64. The monoisotopic (exact) mass is 358 g/mol. The summed E-state index contributed by atoms with van der Waals surface area (Å²) in [5.74, 6) is 0. The van der Waals surface area contributed by atoms with Gasteiger partial charge in [-0.2, -0.15) is 0 Å². The number of hydrogen-bond acceptors (Lipinski definition) is 3. The summed E-state index contributed by atoms with van der Waals surface area (Å²) in [6.07, 6.45) is 7.65. The number of anilines is 1. The second-order valence-electron chi connectivity index (χ2n) is 7.25. The number of aromatic nitrogens is 1. The van der Waals surface area contributed by atoms with E-state index < -0.39 is 0 Å². The average Bonchev–Trinajstić information content (AvgIpc) is 3.07. The van der Waals surface area contributed by atoms with Crippen LogP contribution in [-0.2, 0) is 6.42 Å². The van der Waals surface area contributed by atoms with Crippen molar-refractivity contribution in [2.75, 3.05) is 4.90 Å². The maximum absolute atomic E-state index is 4.48. The van der Waals surface area contributed by atoms with E-state index in [9.17, 15) is 0 Å². The Morgan fingerprint density at radius 2 is 1.88 bits per heavy atom. The minimum atomic E-state index is 0.288. The third-order valence-corrected chi connectivity index (χ3v) is 6.81. The molecular weight excluding hydrogens is 336 g/mol. The molecule has 2 nitrogen and oxygen atoms in total. The molecule has 0 saturated carbocycles. The first-order valence-corrected chi connectivity index (χ1v) is 10.2. The number of para-hydroxylation sites is 1. The first kappa shape index (κ1) is 16.0. The van der Waals surface area contributed by atoms with Crippen LogP contribution in [0.15, 0.2) is 71.9 Å². The Bertz CT molecular complexity index is 952. The normalized spacial score (nSPS) is 21.3. The number of thioether (sulfide) groups is 1. The molecule has 1 unspecified atom stereocenters. The third-order valence-electron chi connectivity index (χ3n) is 5.49. The van der Waals surface area contributed by atoms with Gasteiger partial charge in [0.15, 0.2) is 0 Å². The number of rotatable bonds is 2. The van der Waals surface area contributed by atoms with Crippen molar-refractivity contribution < 1.29 is 0 Å². The molecule has 0 amide bonds. The Morgan fingerprint density at radius 1 is 1.04 bits per heavy atom. The molecule has 0 bridgehead atoms. The number of fused-ring (bicyclic) bond motifs is 2. The largest absolute Gasteiger partial charge is 0.347 e. The highest BCUT2D eigenvalue weighted by Crippen LogP contribution is 2.56. The molecule has 2 heterocycles. The molecule has 0 fully saturated rings. The summed E-state index contributed by atoms with van der Waals surface area (Å²) in [6, 6.07) is 20.6. The van der Waals surface area contributed by atoms with Crippen molar-refractivity contribution in [3.63, 3.8) is 0 Å². The van der Waals surface area contributed by atoms with Gasteiger partial charge in [0, 0.05) is 22.9 Å². The standard InChI is InChI=1S/C23H22N2S/c1-16-13-18(15-24-14-16)23-25(21-10-4-5-12-22(21)26-23)20-11-6-8-17-7-2-3-9-19(17)20/h2-5,7,9-10,12-15,20,23H,6,8,11H2,1H3/t20?,23-/m0/s1. The lowest BCUT2D eigenvalue weighted by atomic mass is 9.86. The summed E-state index contributed by atoms with van der Waals surface area (Å²) >= 11 is 1.96. The highest BCUT2D eigenvalue weighted by molar-refractivity contribution is 8.00. The fourth-order valence-corrected chi connectivity index (χ4v) is 5.69. The molecule has 5 rings (SSSR count). The van der Waals surface area contributed by atoms with Crippen LogP contribution in [-0.4, -0.2) is 4.98 Å². The van der Waals surface area contributed by atoms with Crippen LogP contribution in [0.4, 0.5) is 5.69 Å². The van der Waals surface area contributed by atoms with Crippen molar-refractivity contribution in [2.24, 2.45) is 0 Å². The summed E-state index contributed by atoms with van der Waals surface area (Å²) in [4.78, 5) is 8.50. The Morgan fingerprint density at radius 3 is 2.81 bits per heavy atom. The van der Waals surface area contributed by atoms with E-state index in [1.54, 1.807) is 0 Å². The van der Waals surface area contributed by atoms with E-state index >= 15 is 0 Å². The lowest BCUT2D eigenvalue weighted by Crippen LogP contribution is -2.31. The van der Waals surface area contributed by atoms with Crippen LogP contribution in [0.2, 0.25) is 0 Å². The fraction of sp³-hybridized carbons (Fsp3) is 0.261. The maximum atomic E-state index is 4.48. The predicted octanol–water partition coefficient (Wildman–Crippen LogP) is 6.08. The van der Waals surface area contributed by atoms with Gasteiger partial charge in [-0.3, -0.25) is 4.98 Å². The SMILES string of the molecule is Cc1cncc([C@@H]2Sc3ccccc3N2C2CCCc3ccccc32)c1. The quantitative estimate of drug-likeness (QED) is 0.552. The molecule has 2 aliphatic rings. The van der Waals surface area contributed by atoms with E-state index in [1.807, 2.05) is 24.2 Å². The molecule has 2 aromatic carbocycles. The molecule has 0 saturated heterocycles. The Labute approximate surface area is 159 Å². The molecule has 130 valence electrons. The van der Waals surface area contributed by atoms with Gasteiger partial charge in [-0.05, 0) is 55.0 Å². The third kappa shape index (κ3) is 2.62. The molecular formula is C23H22N2S. The molecule has 1 aliphatic carbocycles. The zero-order chi connectivity index (χ0) is 17.5. The van der Waals surface area contributed by atoms with E-state index in [0.717, 1.165) is 0 Å². The second kappa shape index (κ2) is 6.48. The van der Waals surface area contributed by atoms with Gasteiger partial charge in [0.05, 0.1) is 11.7 Å². The number of pyridine rings is 1. The maximum Gasteiger partial charge on any atom is 0.107 e. The van der Waals surface area contributed by atoms with Gasteiger partial charge in [-0.1, -0.05) is 54.2 Å². The molecule has 3 aromatic rings. The van der Waals surface area contributed by atoms with Crippen LogP contribution in [0.25, 0.3) is 0 Å². The number of nitrogens with zero attached hydrogens (tertiary/aromatic N) is 2. The minimum Gasteiger partial charge on any atom is -0.347 e. The fourth-order valence-electron chi connectivity index (χ4n) is 4.36. The summed E-state index contributed by atoms with van der Waals surface area (Å²) in [5, 5.41) is 0.288. The first-order valence-electron chi connectivity index (χ1n) is 9.34. The van der Waals surface area contributed by atoms with Gasteiger partial charge in [0.1, 0.15) is 5.37 Å². The lowest BCUT2D eigenvalue weighted by molar-refractivity contribution is 0.516. The van der Waals surface area contributed by atoms with Crippen molar-refractivity contribution in [2.45, 2.75) is 42.5 Å². The smallest absolute Gasteiger partial charge is 0.107 e. The lowest BCUT2D eigenvalue weighted by Gasteiger charge is -2.38. The van der Waals surface area contributed by atoms with Gasteiger partial charge in [-0.25, -0.2) is 0 Å². The van der Waals surface area contributed by atoms with Crippen molar-refractivity contribution in [1.29, 1.82) is 0 Å². The summed E-state index contributed by atoms with van der Waals surface area (Å²) in [6.45, 7) is 2.13. The van der Waals surface area contributed by atoms with Crippen LogP contribution in [0.1, 0.15) is 46.5 Å². The van der Waals surface area contributed by atoms with Crippen LogP contribution < -0.4 is 4.90 Å². The molecule has 1 aromatic heterocycles. The van der Waals surface area contributed by atoms with Gasteiger partial charge < -0.3 is 4.90 Å². The van der Waals surface area contributed by atoms with Gasteiger partial charge in [0.25, 0.3) is 0 Å². The van der Waals surface area contributed by atoms with E-state index in [4.69, 9.17) is 0 Å². The van der Waals surface area contributed by atoms with Crippen molar-refractivity contribution in [1.82, 2.24) is 4.98 Å². The Kier molecular flexibility index (Phi) is 3.97. The van der Waals surface area contributed by atoms with E-state index in [1.165, 1.54) is 52.1 Å². The van der Waals surface area contributed by atoms with Crippen LogP contribution in [0.3, 0.4) is 0 Å². The van der Waals surface area contributed by atoms with Crippen LogP contribution >= 0.6 is 11.8 Å². The van der Waals surface area contributed by atoms with Crippen LogP contribution in [0.5, 0.6) is 0 Å². The second-order valence-corrected chi connectivity index (χ2v) is 8.37. The average molecular weight is 359 g/mol. The van der Waals surface area contributed by atoms with Crippen molar-refractivity contribution in [3.8, 4) is 0 Å². The highest BCUT2D eigenvalue weighted by atomic mass is 32.2. The molecule has 26 heavy (non-hydrogen) atoms. The summed E-state index contributed by atoms with van der Waals surface area (Å²) < 4.78 is 0. The van der Waals surface area contributed by atoms with Gasteiger partial charge >= 0.3 is 0 Å². The summed E-state index contributed by atoms with van der Waals surface area (Å²) in [5.41, 5.74) is 6.91. The molecule has 1 aliphatic heterocycles. The first-order chi connectivity index (χ1) is 12.8. The van der Waals surface area contributed by atoms with E-state index in [0.29, 0.717) is 6.04 Å². The number of hydrogen-bond donors (Lipinski definition) is 0. The Hall–Kier alpha value is -2.26. The van der Waals surface area contributed by atoms with Crippen molar-refractivity contribution in [3.05, 3.63) is 89.2 Å². The van der Waals surface area contributed by atoms with E-state index in [2.05, 4.69) is 71.4 Å². The molecule has 0 radical (unpaired) electrons. The topological polar surface area (TPSA) is 16.1 Å². The molecule has 0 spiro atoms. The van der Waals surface area contributed by atoms with Gasteiger partial charge in [-0.15, -0.1) is 0 Å². The number of aryl methyl sites for hydroxylation is 2.